The number of carbonyl (C=O) groups excluding carboxylic acids is 1. The van der Waals surface area contributed by atoms with Gasteiger partial charge in [-0.1, -0.05) is 6.07 Å². The van der Waals surface area contributed by atoms with E-state index in [1.807, 2.05) is 26.0 Å². The van der Waals surface area contributed by atoms with E-state index in [0.717, 1.165) is 19.5 Å². The summed E-state index contributed by atoms with van der Waals surface area (Å²) in [5.41, 5.74) is 3.26. The van der Waals surface area contributed by atoms with Crippen LogP contribution in [0.4, 0.5) is 0 Å². The Hall–Kier alpha value is -1.43. The van der Waals surface area contributed by atoms with Gasteiger partial charge in [0.05, 0.1) is 6.61 Å². The normalized spacial score (nSPS) is 23.6. The van der Waals surface area contributed by atoms with Crippen LogP contribution in [-0.2, 0) is 22.4 Å². The van der Waals surface area contributed by atoms with Gasteiger partial charge in [-0.15, -0.1) is 0 Å². The predicted molar refractivity (Wildman–Crippen MR) is 79.1 cm³/mol. The van der Waals surface area contributed by atoms with Crippen LogP contribution in [-0.4, -0.2) is 37.5 Å². The monoisotopic (exact) mass is 290 g/mol. The van der Waals surface area contributed by atoms with Crippen molar-refractivity contribution in [2.75, 3.05) is 19.7 Å². The maximum atomic E-state index is 12.2. The lowest BCUT2D eigenvalue weighted by atomic mass is 9.98. The molecule has 114 valence electrons. The summed E-state index contributed by atoms with van der Waals surface area (Å²) in [7, 11) is 0. The molecule has 1 aromatic rings. The third-order valence-electron chi connectivity index (χ3n) is 3.91. The van der Waals surface area contributed by atoms with E-state index in [0.29, 0.717) is 18.7 Å². The smallest absolute Gasteiger partial charge is 0.251 e. The van der Waals surface area contributed by atoms with Crippen LogP contribution in [0, 0.1) is 0 Å². The first-order chi connectivity index (χ1) is 10.0. The molecular formula is C16H22N2O3. The van der Waals surface area contributed by atoms with Crippen molar-refractivity contribution in [1.29, 1.82) is 0 Å². The van der Waals surface area contributed by atoms with Crippen molar-refractivity contribution in [2.24, 2.45) is 0 Å². The standard InChI is InChI=1S/C16H22N2O3/c1-16(2)20-10-14(21-16)9-18-15(19)12-4-3-11-5-6-17-8-13(11)7-12/h3-4,7,14,17H,5-6,8-10H2,1-2H3,(H,18,19). The van der Waals surface area contributed by atoms with Crippen LogP contribution in [0.1, 0.15) is 35.3 Å². The van der Waals surface area contributed by atoms with Crippen LogP contribution in [0.15, 0.2) is 18.2 Å². The van der Waals surface area contributed by atoms with Crippen molar-refractivity contribution in [3.05, 3.63) is 34.9 Å². The van der Waals surface area contributed by atoms with Crippen LogP contribution in [0.25, 0.3) is 0 Å². The molecule has 1 fully saturated rings. The van der Waals surface area contributed by atoms with Crippen molar-refractivity contribution in [2.45, 2.75) is 38.7 Å². The molecule has 2 aliphatic heterocycles. The summed E-state index contributed by atoms with van der Waals surface area (Å²) in [4.78, 5) is 12.2. The molecule has 2 aliphatic rings. The summed E-state index contributed by atoms with van der Waals surface area (Å²) >= 11 is 0. The van der Waals surface area contributed by atoms with E-state index < -0.39 is 5.79 Å². The lowest BCUT2D eigenvalue weighted by molar-refractivity contribution is -0.137. The number of benzene rings is 1. The van der Waals surface area contributed by atoms with E-state index in [2.05, 4.69) is 16.7 Å². The molecule has 1 aromatic carbocycles. The van der Waals surface area contributed by atoms with Crippen LogP contribution in [0.5, 0.6) is 0 Å². The molecule has 0 aliphatic carbocycles. The minimum atomic E-state index is -0.549. The molecule has 0 spiro atoms. The second kappa shape index (κ2) is 5.75. The van der Waals surface area contributed by atoms with Crippen molar-refractivity contribution in [3.63, 3.8) is 0 Å². The molecule has 1 amide bonds. The van der Waals surface area contributed by atoms with E-state index in [9.17, 15) is 4.79 Å². The average Bonchev–Trinajstić information content (AvgIpc) is 2.83. The SMILES string of the molecule is CC1(C)OCC(CNC(=O)c2ccc3c(c2)CNCC3)O1. The molecule has 1 atom stereocenters. The van der Waals surface area contributed by atoms with E-state index in [4.69, 9.17) is 9.47 Å². The van der Waals surface area contributed by atoms with Gasteiger partial charge >= 0.3 is 0 Å². The topological polar surface area (TPSA) is 59.6 Å². The Morgan fingerprint density at radius 2 is 2.29 bits per heavy atom. The fraction of sp³-hybridized carbons (Fsp3) is 0.562. The Morgan fingerprint density at radius 1 is 1.43 bits per heavy atom. The van der Waals surface area contributed by atoms with Gasteiger partial charge in [0.15, 0.2) is 5.79 Å². The van der Waals surface area contributed by atoms with Crippen molar-refractivity contribution in [1.82, 2.24) is 10.6 Å². The molecule has 21 heavy (non-hydrogen) atoms. The van der Waals surface area contributed by atoms with Crippen LogP contribution in [0.3, 0.4) is 0 Å². The van der Waals surface area contributed by atoms with Gasteiger partial charge in [-0.2, -0.15) is 0 Å². The fourth-order valence-corrected chi connectivity index (χ4v) is 2.79. The second-order valence-electron chi connectivity index (χ2n) is 6.07. The minimum Gasteiger partial charge on any atom is -0.349 e. The van der Waals surface area contributed by atoms with E-state index >= 15 is 0 Å². The summed E-state index contributed by atoms with van der Waals surface area (Å²) in [5, 5.41) is 6.25. The highest BCUT2D eigenvalue weighted by Gasteiger charge is 2.32. The van der Waals surface area contributed by atoms with Gasteiger partial charge in [-0.3, -0.25) is 4.79 Å². The number of fused-ring (bicyclic) bond motifs is 1. The molecule has 0 saturated carbocycles. The highest BCUT2D eigenvalue weighted by Crippen LogP contribution is 2.22. The zero-order valence-electron chi connectivity index (χ0n) is 12.6. The lowest BCUT2D eigenvalue weighted by Gasteiger charge is -2.18. The number of amides is 1. The molecule has 5 heteroatoms. The van der Waals surface area contributed by atoms with Gasteiger partial charge in [0.1, 0.15) is 6.10 Å². The van der Waals surface area contributed by atoms with E-state index in [1.165, 1.54) is 11.1 Å². The maximum absolute atomic E-state index is 12.2. The van der Waals surface area contributed by atoms with Crippen LogP contribution in [0.2, 0.25) is 0 Å². The van der Waals surface area contributed by atoms with Crippen molar-refractivity contribution >= 4 is 5.91 Å². The van der Waals surface area contributed by atoms with Crippen LogP contribution < -0.4 is 10.6 Å². The molecule has 3 rings (SSSR count). The number of carbonyl (C=O) groups is 1. The molecule has 2 heterocycles. The third kappa shape index (κ3) is 3.43. The molecule has 0 bridgehead atoms. The Kier molecular flexibility index (Phi) is 3.97. The van der Waals surface area contributed by atoms with E-state index in [-0.39, 0.29) is 12.0 Å². The molecule has 0 radical (unpaired) electrons. The van der Waals surface area contributed by atoms with Crippen LogP contribution >= 0.6 is 0 Å². The molecule has 2 N–H and O–H groups in total. The Morgan fingerprint density at radius 3 is 3.05 bits per heavy atom. The molecular weight excluding hydrogens is 268 g/mol. The third-order valence-corrected chi connectivity index (χ3v) is 3.91. The first kappa shape index (κ1) is 14.5. The first-order valence-corrected chi connectivity index (χ1v) is 7.46. The molecule has 1 saturated heterocycles. The number of nitrogens with one attached hydrogen (secondary N) is 2. The van der Waals surface area contributed by atoms with Gasteiger partial charge in [-0.25, -0.2) is 0 Å². The second-order valence-corrected chi connectivity index (χ2v) is 6.07. The molecule has 0 aromatic heterocycles. The minimum absolute atomic E-state index is 0.0586. The van der Waals surface area contributed by atoms with Gasteiger partial charge < -0.3 is 20.1 Å². The lowest BCUT2D eigenvalue weighted by Crippen LogP contribution is -2.34. The Bertz CT molecular complexity index is 542. The summed E-state index contributed by atoms with van der Waals surface area (Å²) in [6, 6.07) is 5.94. The molecule has 5 nitrogen and oxygen atoms in total. The molecule has 1 unspecified atom stereocenters. The van der Waals surface area contributed by atoms with Gasteiger partial charge in [0, 0.05) is 18.7 Å². The summed E-state index contributed by atoms with van der Waals surface area (Å²) in [6.07, 6.45) is 0.947. The van der Waals surface area contributed by atoms with E-state index in [1.54, 1.807) is 0 Å². The van der Waals surface area contributed by atoms with Gasteiger partial charge in [0.2, 0.25) is 0 Å². The van der Waals surface area contributed by atoms with Crippen molar-refractivity contribution in [3.8, 4) is 0 Å². The van der Waals surface area contributed by atoms with Gasteiger partial charge in [0.25, 0.3) is 5.91 Å². The quantitative estimate of drug-likeness (QED) is 0.878. The summed E-state index contributed by atoms with van der Waals surface area (Å²) in [5.74, 6) is -0.607. The summed E-state index contributed by atoms with van der Waals surface area (Å²) in [6.45, 7) is 6.59. The maximum Gasteiger partial charge on any atom is 0.251 e. The highest BCUT2D eigenvalue weighted by molar-refractivity contribution is 5.94. The van der Waals surface area contributed by atoms with Crippen molar-refractivity contribution < 1.29 is 14.3 Å². The Balaban J connectivity index is 1.58. The predicted octanol–water partition coefficient (Wildman–Crippen LogP) is 1.21. The highest BCUT2D eigenvalue weighted by atomic mass is 16.7. The number of hydrogen-bond acceptors (Lipinski definition) is 4. The number of rotatable bonds is 3. The summed E-state index contributed by atoms with van der Waals surface area (Å²) < 4.78 is 11.2. The largest absolute Gasteiger partial charge is 0.349 e. The number of ether oxygens (including phenoxy) is 2. The Labute approximate surface area is 125 Å². The fourth-order valence-electron chi connectivity index (χ4n) is 2.79. The first-order valence-electron chi connectivity index (χ1n) is 7.46. The average molecular weight is 290 g/mol. The zero-order chi connectivity index (χ0) is 14.9. The number of hydrogen-bond donors (Lipinski definition) is 2. The zero-order valence-corrected chi connectivity index (χ0v) is 12.6. The van der Waals surface area contributed by atoms with Gasteiger partial charge in [-0.05, 0) is 50.1 Å².